The van der Waals surface area contributed by atoms with Gasteiger partial charge in [-0.05, 0) is 50.2 Å². The van der Waals surface area contributed by atoms with Crippen molar-refractivity contribution < 1.29 is 9.90 Å². The number of carbonyl (C=O) groups is 1. The van der Waals surface area contributed by atoms with Gasteiger partial charge in [0.05, 0.1) is 16.6 Å². The van der Waals surface area contributed by atoms with Crippen molar-refractivity contribution in [1.29, 1.82) is 0 Å². The first-order valence-corrected chi connectivity index (χ1v) is 10.5. The van der Waals surface area contributed by atoms with E-state index in [0.717, 1.165) is 49.1 Å². The van der Waals surface area contributed by atoms with E-state index < -0.39 is 5.60 Å². The van der Waals surface area contributed by atoms with Crippen LogP contribution in [-0.2, 0) is 11.3 Å². The van der Waals surface area contributed by atoms with Crippen LogP contribution in [0.3, 0.4) is 0 Å². The van der Waals surface area contributed by atoms with Crippen LogP contribution in [0.5, 0.6) is 0 Å². The number of aliphatic hydroxyl groups is 1. The van der Waals surface area contributed by atoms with Crippen LogP contribution in [0.25, 0.3) is 11.0 Å². The number of para-hydroxylation sites is 2. The van der Waals surface area contributed by atoms with Gasteiger partial charge in [0.1, 0.15) is 12.4 Å². The van der Waals surface area contributed by atoms with Gasteiger partial charge in [0, 0.05) is 24.9 Å². The number of carbonyl (C=O) groups excluding carboxylic acids is 1. The predicted molar refractivity (Wildman–Crippen MR) is 104 cm³/mol. The summed E-state index contributed by atoms with van der Waals surface area (Å²) in [5.41, 5.74) is 1.47. The third-order valence-corrected chi connectivity index (χ3v) is 7.20. The SMILES string of the molecule is CC[C@]1(O)CCC[C@H]2CN(C(=O)Cn3c(C4CC4)nc4ccccc43)C[C@H]21. The highest BCUT2D eigenvalue weighted by atomic mass is 16.3. The van der Waals surface area contributed by atoms with Gasteiger partial charge in [-0.1, -0.05) is 25.5 Å². The summed E-state index contributed by atoms with van der Waals surface area (Å²) in [6.45, 7) is 3.96. The van der Waals surface area contributed by atoms with E-state index in [-0.39, 0.29) is 11.8 Å². The third kappa shape index (κ3) is 2.87. The van der Waals surface area contributed by atoms with Gasteiger partial charge in [0.15, 0.2) is 0 Å². The van der Waals surface area contributed by atoms with Gasteiger partial charge in [0.2, 0.25) is 5.91 Å². The van der Waals surface area contributed by atoms with Gasteiger partial charge >= 0.3 is 0 Å². The summed E-state index contributed by atoms with van der Waals surface area (Å²) in [4.78, 5) is 20.0. The summed E-state index contributed by atoms with van der Waals surface area (Å²) in [6, 6.07) is 8.14. The fourth-order valence-electron chi connectivity index (χ4n) is 5.42. The zero-order valence-corrected chi connectivity index (χ0v) is 16.1. The van der Waals surface area contributed by atoms with Crippen molar-refractivity contribution >= 4 is 16.9 Å². The zero-order valence-electron chi connectivity index (χ0n) is 16.1. The Kier molecular flexibility index (Phi) is 4.04. The van der Waals surface area contributed by atoms with Crippen LogP contribution in [0.15, 0.2) is 24.3 Å². The molecule has 0 unspecified atom stereocenters. The monoisotopic (exact) mass is 367 g/mol. The molecule has 0 radical (unpaired) electrons. The molecule has 3 atom stereocenters. The van der Waals surface area contributed by atoms with Crippen molar-refractivity contribution in [1.82, 2.24) is 14.5 Å². The zero-order chi connectivity index (χ0) is 18.6. The number of fused-ring (bicyclic) bond motifs is 2. The number of amides is 1. The molecule has 1 aromatic heterocycles. The number of nitrogens with zero attached hydrogens (tertiary/aromatic N) is 3. The minimum absolute atomic E-state index is 0.174. The fourth-order valence-corrected chi connectivity index (χ4v) is 5.42. The fraction of sp³-hybridized carbons (Fsp3) is 0.636. The van der Waals surface area contributed by atoms with Gasteiger partial charge < -0.3 is 14.6 Å². The maximum Gasteiger partial charge on any atom is 0.242 e. The van der Waals surface area contributed by atoms with E-state index >= 15 is 0 Å². The first-order chi connectivity index (χ1) is 13.1. The molecule has 1 amide bonds. The Balaban J connectivity index is 1.39. The third-order valence-electron chi connectivity index (χ3n) is 7.20. The normalized spacial score (nSPS) is 30.7. The molecule has 27 heavy (non-hydrogen) atoms. The van der Waals surface area contributed by atoms with Gasteiger partial charge in [0.25, 0.3) is 0 Å². The molecule has 1 saturated heterocycles. The maximum atomic E-state index is 13.2. The standard InChI is InChI=1S/C22H29N3O2/c1-2-22(27)11-5-6-16-12-24(13-17(16)22)20(26)14-25-19-8-4-3-7-18(19)23-21(25)15-9-10-15/h3-4,7-8,15-17,27H,2,5-6,9-14H2,1H3/t16-,17+,22-/m0/s1. The molecule has 144 valence electrons. The second-order valence-electron chi connectivity index (χ2n) is 8.83. The topological polar surface area (TPSA) is 58.4 Å². The van der Waals surface area contributed by atoms with Crippen molar-refractivity contribution in [2.45, 2.75) is 63.5 Å². The second-order valence-corrected chi connectivity index (χ2v) is 8.83. The Morgan fingerprint density at radius 2 is 2.07 bits per heavy atom. The van der Waals surface area contributed by atoms with Gasteiger partial charge in [-0.15, -0.1) is 0 Å². The van der Waals surface area contributed by atoms with Crippen LogP contribution < -0.4 is 0 Å². The average Bonchev–Trinajstić information content (AvgIpc) is 3.32. The lowest BCUT2D eigenvalue weighted by Gasteiger charge is -2.40. The van der Waals surface area contributed by atoms with Crippen LogP contribution >= 0.6 is 0 Å². The van der Waals surface area contributed by atoms with Crippen molar-refractivity contribution in [3.8, 4) is 0 Å². The van der Waals surface area contributed by atoms with E-state index in [9.17, 15) is 9.90 Å². The molecule has 0 bridgehead atoms. The molecule has 2 heterocycles. The van der Waals surface area contributed by atoms with Crippen molar-refractivity contribution in [3.05, 3.63) is 30.1 Å². The minimum atomic E-state index is -0.585. The van der Waals surface area contributed by atoms with E-state index in [0.29, 0.717) is 24.9 Å². The molecule has 2 aromatic rings. The number of likely N-dealkylation sites (tertiary alicyclic amines) is 1. The molecule has 1 aliphatic heterocycles. The number of hydrogen-bond donors (Lipinski definition) is 1. The van der Waals surface area contributed by atoms with Gasteiger partial charge in [-0.2, -0.15) is 0 Å². The maximum absolute atomic E-state index is 13.2. The largest absolute Gasteiger partial charge is 0.390 e. The Hall–Kier alpha value is -1.88. The number of imidazole rings is 1. The molecular weight excluding hydrogens is 338 g/mol. The molecule has 1 aromatic carbocycles. The first kappa shape index (κ1) is 17.2. The molecule has 0 spiro atoms. The molecular formula is C22H29N3O2. The Morgan fingerprint density at radius 1 is 1.26 bits per heavy atom. The lowest BCUT2D eigenvalue weighted by atomic mass is 9.69. The van der Waals surface area contributed by atoms with Crippen LogP contribution in [-0.4, -0.2) is 44.2 Å². The van der Waals surface area contributed by atoms with E-state index in [2.05, 4.69) is 17.6 Å². The van der Waals surface area contributed by atoms with E-state index in [1.54, 1.807) is 0 Å². The lowest BCUT2D eigenvalue weighted by Crippen LogP contribution is -2.44. The molecule has 3 fully saturated rings. The quantitative estimate of drug-likeness (QED) is 0.902. The summed E-state index contributed by atoms with van der Waals surface area (Å²) in [5.74, 6) is 2.45. The molecule has 1 N–H and O–H groups in total. The van der Waals surface area contributed by atoms with Crippen LogP contribution in [0.1, 0.15) is 57.2 Å². The molecule has 3 aliphatic rings. The molecule has 5 heteroatoms. The number of hydrogen-bond acceptors (Lipinski definition) is 3. The van der Waals surface area contributed by atoms with Gasteiger partial charge in [-0.3, -0.25) is 4.79 Å². The summed E-state index contributed by atoms with van der Waals surface area (Å²) in [7, 11) is 0. The van der Waals surface area contributed by atoms with Crippen LogP contribution in [0, 0.1) is 11.8 Å². The second kappa shape index (κ2) is 6.33. The van der Waals surface area contributed by atoms with E-state index in [4.69, 9.17) is 4.98 Å². The summed E-state index contributed by atoms with van der Waals surface area (Å²) >= 11 is 0. The van der Waals surface area contributed by atoms with Crippen molar-refractivity contribution in [2.75, 3.05) is 13.1 Å². The van der Waals surface area contributed by atoms with Gasteiger partial charge in [-0.25, -0.2) is 4.98 Å². The van der Waals surface area contributed by atoms with Crippen molar-refractivity contribution in [2.24, 2.45) is 11.8 Å². The Labute approximate surface area is 160 Å². The number of rotatable bonds is 4. The summed E-state index contributed by atoms with van der Waals surface area (Å²) in [6.07, 6.45) is 6.23. The molecule has 5 rings (SSSR count). The minimum Gasteiger partial charge on any atom is -0.390 e. The van der Waals surface area contributed by atoms with Crippen LogP contribution in [0.4, 0.5) is 0 Å². The molecule has 2 aliphatic carbocycles. The molecule has 5 nitrogen and oxygen atoms in total. The average molecular weight is 367 g/mol. The van der Waals surface area contributed by atoms with Crippen molar-refractivity contribution in [3.63, 3.8) is 0 Å². The summed E-state index contributed by atoms with van der Waals surface area (Å²) in [5, 5.41) is 11.0. The lowest BCUT2D eigenvalue weighted by molar-refractivity contribution is -0.131. The predicted octanol–water partition coefficient (Wildman–Crippen LogP) is 3.31. The van der Waals surface area contributed by atoms with E-state index in [1.807, 2.05) is 23.1 Å². The summed E-state index contributed by atoms with van der Waals surface area (Å²) < 4.78 is 2.14. The first-order valence-electron chi connectivity index (χ1n) is 10.5. The smallest absolute Gasteiger partial charge is 0.242 e. The molecule has 2 saturated carbocycles. The number of benzene rings is 1. The highest BCUT2D eigenvalue weighted by Gasteiger charge is 2.48. The Bertz CT molecular complexity index is 872. The highest BCUT2D eigenvalue weighted by molar-refractivity contribution is 5.81. The Morgan fingerprint density at radius 3 is 2.85 bits per heavy atom. The number of aromatic nitrogens is 2. The van der Waals surface area contributed by atoms with E-state index in [1.165, 1.54) is 12.8 Å². The van der Waals surface area contributed by atoms with Crippen LogP contribution in [0.2, 0.25) is 0 Å². The highest BCUT2D eigenvalue weighted by Crippen LogP contribution is 2.44.